The van der Waals surface area contributed by atoms with Crippen molar-refractivity contribution in [1.29, 1.82) is 0 Å². The summed E-state index contributed by atoms with van der Waals surface area (Å²) in [5.74, 6) is 0. The maximum Gasteiger partial charge on any atom is 0.253 e. The molecule has 0 aliphatic rings. The van der Waals surface area contributed by atoms with Gasteiger partial charge in [0, 0.05) is 20.9 Å². The van der Waals surface area contributed by atoms with Crippen LogP contribution >= 0.6 is 44.8 Å². The molecule has 0 radical (unpaired) electrons. The van der Waals surface area contributed by atoms with Gasteiger partial charge >= 0.3 is 0 Å². The second kappa shape index (κ2) is 12.5. The molecule has 6 heteroatoms. The Morgan fingerprint density at radius 2 is 1.78 bits per heavy atom. The third-order valence-electron chi connectivity index (χ3n) is 2.29. The van der Waals surface area contributed by atoms with Crippen molar-refractivity contribution in [3.63, 3.8) is 0 Å². The van der Waals surface area contributed by atoms with Crippen LogP contribution in [-0.2, 0) is 4.79 Å². The Morgan fingerprint density at radius 3 is 2.30 bits per heavy atom. The maximum atomic E-state index is 11.3. The molecule has 0 heterocycles. The van der Waals surface area contributed by atoms with E-state index in [0.717, 1.165) is 0 Å². The molecule has 0 bridgehead atoms. The highest BCUT2D eigenvalue weighted by atomic mass is 35.5. The number of allylic oxidation sites excluding steroid dienone is 4. The third-order valence-corrected chi connectivity index (χ3v) is 5.23. The van der Waals surface area contributed by atoms with E-state index in [0.29, 0.717) is 15.4 Å². The molecule has 1 aromatic carbocycles. The van der Waals surface area contributed by atoms with Crippen LogP contribution in [0.5, 0.6) is 0 Å². The molecule has 0 aromatic heterocycles. The van der Waals surface area contributed by atoms with Gasteiger partial charge < -0.3 is 0 Å². The van der Waals surface area contributed by atoms with Crippen molar-refractivity contribution in [2.24, 2.45) is 0 Å². The Kier molecular flexibility index (Phi) is 12.0. The normalized spacial score (nSPS) is 10.9. The first-order valence-corrected chi connectivity index (χ1v) is 9.73. The van der Waals surface area contributed by atoms with Gasteiger partial charge in [-0.3, -0.25) is 9.59 Å². The molecule has 0 atom stereocenters. The molecule has 0 saturated carbocycles. The smallest absolute Gasteiger partial charge is 0.253 e. The van der Waals surface area contributed by atoms with Crippen molar-refractivity contribution < 1.29 is 9.59 Å². The van der Waals surface area contributed by atoms with Crippen LogP contribution in [-0.4, -0.2) is 10.5 Å². The molecule has 0 amide bonds. The summed E-state index contributed by atoms with van der Waals surface area (Å²) in [5, 5.41) is -1.13. The van der Waals surface area contributed by atoms with E-state index in [-0.39, 0.29) is 5.57 Å². The zero-order valence-corrected chi connectivity index (χ0v) is 16.3. The fraction of sp³-hybridized carbons (Fsp3) is 0.176. The van der Waals surface area contributed by atoms with Gasteiger partial charge in [0.2, 0.25) is 0 Å². The molecular weight excluding hydrogens is 371 g/mol. The van der Waals surface area contributed by atoms with Crippen LogP contribution in [0.25, 0.3) is 0 Å². The fourth-order valence-corrected chi connectivity index (χ4v) is 3.96. The molecule has 0 N–H and O–H groups in total. The van der Waals surface area contributed by atoms with Gasteiger partial charge in [-0.1, -0.05) is 66.3 Å². The largest absolute Gasteiger partial charge is 0.276 e. The lowest BCUT2D eigenvalue weighted by Crippen LogP contribution is -1.93. The third kappa shape index (κ3) is 7.93. The van der Waals surface area contributed by atoms with Crippen LogP contribution in [0.15, 0.2) is 64.4 Å². The summed E-state index contributed by atoms with van der Waals surface area (Å²) in [5.41, 5.74) is 0.631. The number of benzene rings is 1. The van der Waals surface area contributed by atoms with Gasteiger partial charge in [-0.25, -0.2) is 0 Å². The number of carbonyl (C=O) groups is 2. The average molecular weight is 389 g/mol. The topological polar surface area (TPSA) is 34.1 Å². The predicted molar refractivity (Wildman–Crippen MR) is 104 cm³/mol. The van der Waals surface area contributed by atoms with Gasteiger partial charge in [-0.2, -0.15) is 0 Å². The molecule has 0 spiro atoms. The molecule has 0 aliphatic carbocycles. The second-order valence-corrected chi connectivity index (χ2v) is 6.65. The number of hydrogen-bond acceptors (Lipinski definition) is 4. The van der Waals surface area contributed by atoms with Gasteiger partial charge in [0.25, 0.3) is 10.5 Å². The molecule has 0 saturated heterocycles. The zero-order valence-electron chi connectivity index (χ0n) is 13.1. The van der Waals surface area contributed by atoms with Crippen LogP contribution < -0.4 is 0 Å². The first kappa shape index (κ1) is 22.1. The minimum Gasteiger partial charge on any atom is -0.276 e. The van der Waals surface area contributed by atoms with Crippen LogP contribution in [0.4, 0.5) is 0 Å². The van der Waals surface area contributed by atoms with Crippen molar-refractivity contribution >= 4 is 55.3 Å². The molecule has 0 unspecified atom stereocenters. The Bertz CT molecular complexity index is 623. The zero-order chi connectivity index (χ0) is 17.8. The van der Waals surface area contributed by atoms with Crippen molar-refractivity contribution in [1.82, 2.24) is 0 Å². The van der Waals surface area contributed by atoms with E-state index >= 15 is 0 Å². The highest BCUT2D eigenvalue weighted by molar-refractivity contribution is 8.78. The summed E-state index contributed by atoms with van der Waals surface area (Å²) in [6.45, 7) is 9.53. The minimum atomic E-state index is -0.611. The Balaban J connectivity index is 0.00000232. The molecular formula is C17H18Cl2O2S2. The number of rotatable bonds is 7. The van der Waals surface area contributed by atoms with Gasteiger partial charge in [-0.05, 0) is 48.3 Å². The van der Waals surface area contributed by atoms with Crippen molar-refractivity contribution in [2.45, 2.75) is 25.7 Å². The highest BCUT2D eigenvalue weighted by Gasteiger charge is 2.13. The summed E-state index contributed by atoms with van der Waals surface area (Å²) in [4.78, 5) is 23.9. The van der Waals surface area contributed by atoms with E-state index in [9.17, 15) is 9.59 Å². The first-order chi connectivity index (χ1) is 11.0. The van der Waals surface area contributed by atoms with Crippen molar-refractivity contribution in [3.8, 4) is 0 Å². The van der Waals surface area contributed by atoms with Crippen LogP contribution in [0.2, 0.25) is 0 Å². The molecule has 124 valence electrons. The maximum absolute atomic E-state index is 11.3. The summed E-state index contributed by atoms with van der Waals surface area (Å²) in [7, 11) is 2.61. The summed E-state index contributed by atoms with van der Waals surface area (Å²) in [6, 6.07) is 6.98. The lowest BCUT2D eigenvalue weighted by molar-refractivity contribution is -0.108. The molecule has 1 aromatic rings. The lowest BCUT2D eigenvalue weighted by atomic mass is 10.2. The number of halogens is 2. The van der Waals surface area contributed by atoms with Gasteiger partial charge in [0.1, 0.15) is 0 Å². The molecule has 0 fully saturated rings. The van der Waals surface area contributed by atoms with Gasteiger partial charge in [0.15, 0.2) is 0 Å². The van der Waals surface area contributed by atoms with Gasteiger partial charge in [0.05, 0.1) is 0 Å². The highest BCUT2D eigenvalue weighted by Crippen LogP contribution is 2.41. The van der Waals surface area contributed by atoms with E-state index in [2.05, 4.69) is 6.58 Å². The summed E-state index contributed by atoms with van der Waals surface area (Å²) < 4.78 is 0. The predicted octanol–water partition coefficient (Wildman–Crippen LogP) is 6.61. The van der Waals surface area contributed by atoms with E-state index in [1.165, 1.54) is 21.6 Å². The Morgan fingerprint density at radius 1 is 1.17 bits per heavy atom. The minimum absolute atomic E-state index is 0.210. The Labute approximate surface area is 155 Å². The lowest BCUT2D eigenvalue weighted by Gasteiger charge is -2.08. The van der Waals surface area contributed by atoms with Crippen molar-refractivity contribution in [2.75, 3.05) is 0 Å². The quantitative estimate of drug-likeness (QED) is 0.227. The summed E-state index contributed by atoms with van der Waals surface area (Å²) >= 11 is 11.0. The molecule has 1 rings (SSSR count). The van der Waals surface area contributed by atoms with Crippen LogP contribution in [0.3, 0.4) is 0 Å². The monoisotopic (exact) mass is 388 g/mol. The Hall–Kier alpha value is -0.940. The van der Waals surface area contributed by atoms with Crippen molar-refractivity contribution in [3.05, 3.63) is 65.1 Å². The van der Waals surface area contributed by atoms with Crippen LogP contribution in [0.1, 0.15) is 31.1 Å². The molecule has 23 heavy (non-hydrogen) atoms. The number of carbonyl (C=O) groups excluding carboxylic acids is 2. The van der Waals surface area contributed by atoms with E-state index < -0.39 is 10.5 Å². The number of hydrogen-bond donors (Lipinski definition) is 0. The standard InChI is InChI=1S/C15H12Cl2O2S2.C2H6/c1-3-4-8-12(10(2)14(16)18)20-21-13-9-6-5-7-11(13)15(17)19;1-2/h3-9H,2H2,1H3;1-2H3/b4-3-,12-8+;. The van der Waals surface area contributed by atoms with E-state index in [4.69, 9.17) is 23.2 Å². The fourth-order valence-electron chi connectivity index (χ4n) is 1.25. The van der Waals surface area contributed by atoms with E-state index in [1.807, 2.05) is 32.9 Å². The molecule has 2 nitrogen and oxygen atoms in total. The second-order valence-electron chi connectivity index (χ2n) is 3.75. The summed E-state index contributed by atoms with van der Waals surface area (Å²) in [6.07, 6.45) is 5.35. The molecule has 0 aliphatic heterocycles. The average Bonchev–Trinajstić information content (AvgIpc) is 2.56. The van der Waals surface area contributed by atoms with Crippen LogP contribution in [0, 0.1) is 0 Å². The SMILES string of the molecule is C=C(C(=O)Cl)/C(=C\C=C/C)SSc1ccccc1C(=O)Cl.CC. The first-order valence-electron chi connectivity index (χ1n) is 6.82. The van der Waals surface area contributed by atoms with E-state index in [1.54, 1.807) is 30.4 Å². The van der Waals surface area contributed by atoms with Gasteiger partial charge in [-0.15, -0.1) is 0 Å².